The first-order valence-electron chi connectivity index (χ1n) is 7.90. The molecule has 0 spiro atoms. The number of aromatic nitrogens is 1. The van der Waals surface area contributed by atoms with E-state index in [1.165, 1.54) is 6.20 Å². The highest BCUT2D eigenvalue weighted by atomic mass is 19.4. The molecule has 3 aromatic rings. The maximum absolute atomic E-state index is 13.8. The summed E-state index contributed by atoms with van der Waals surface area (Å²) in [4.78, 5) is 12.2. The van der Waals surface area contributed by atoms with E-state index in [4.69, 9.17) is 0 Å². The molecule has 0 bridgehead atoms. The maximum Gasteiger partial charge on any atom is 0.432 e. The van der Waals surface area contributed by atoms with Gasteiger partial charge in [-0.05, 0) is 11.1 Å². The third-order valence-corrected chi connectivity index (χ3v) is 4.02. The number of hydrogen-bond acceptors (Lipinski definition) is 2. The molecule has 0 aliphatic rings. The van der Waals surface area contributed by atoms with E-state index in [9.17, 15) is 18.0 Å². The minimum absolute atomic E-state index is 0.00743. The SMILES string of the molecule is COC(=O)c1c(-c2ccccc2)cn(Cc2ccccc2)c1C(F)(F)F. The summed E-state index contributed by atoms with van der Waals surface area (Å²) in [6, 6.07) is 17.3. The second kappa shape index (κ2) is 7.07. The lowest BCUT2D eigenvalue weighted by molar-refractivity contribution is -0.143. The molecule has 1 aromatic heterocycles. The number of alkyl halides is 3. The molecule has 6 heteroatoms. The molecule has 0 radical (unpaired) electrons. The van der Waals surface area contributed by atoms with Crippen molar-refractivity contribution in [1.29, 1.82) is 0 Å². The van der Waals surface area contributed by atoms with Crippen LogP contribution < -0.4 is 0 Å². The Balaban J connectivity index is 2.23. The van der Waals surface area contributed by atoms with Crippen molar-refractivity contribution >= 4 is 5.97 Å². The summed E-state index contributed by atoms with van der Waals surface area (Å²) >= 11 is 0. The normalized spacial score (nSPS) is 11.4. The molecule has 3 rings (SSSR count). The van der Waals surface area contributed by atoms with Crippen LogP contribution in [0.4, 0.5) is 13.2 Å². The molecule has 0 atom stereocenters. The van der Waals surface area contributed by atoms with Crippen LogP contribution in [-0.4, -0.2) is 17.6 Å². The van der Waals surface area contributed by atoms with E-state index < -0.39 is 23.4 Å². The first-order valence-corrected chi connectivity index (χ1v) is 7.90. The van der Waals surface area contributed by atoms with E-state index in [1.54, 1.807) is 60.7 Å². The lowest BCUT2D eigenvalue weighted by Gasteiger charge is -2.14. The third-order valence-electron chi connectivity index (χ3n) is 4.02. The Kier molecular flexibility index (Phi) is 4.84. The number of carbonyl (C=O) groups is 1. The Morgan fingerprint density at radius 1 is 1.00 bits per heavy atom. The minimum Gasteiger partial charge on any atom is -0.465 e. The zero-order chi connectivity index (χ0) is 18.7. The van der Waals surface area contributed by atoms with Gasteiger partial charge in [0.15, 0.2) is 0 Å². The topological polar surface area (TPSA) is 31.2 Å². The van der Waals surface area contributed by atoms with Crippen molar-refractivity contribution in [3.63, 3.8) is 0 Å². The minimum atomic E-state index is -4.70. The summed E-state index contributed by atoms with van der Waals surface area (Å²) in [7, 11) is 1.08. The van der Waals surface area contributed by atoms with E-state index in [0.717, 1.165) is 11.7 Å². The molecule has 0 fully saturated rings. The first-order chi connectivity index (χ1) is 12.4. The Morgan fingerprint density at radius 2 is 1.58 bits per heavy atom. The van der Waals surface area contributed by atoms with Crippen LogP contribution in [-0.2, 0) is 17.5 Å². The van der Waals surface area contributed by atoms with Gasteiger partial charge < -0.3 is 9.30 Å². The Labute approximate surface area is 148 Å². The quantitative estimate of drug-likeness (QED) is 0.613. The summed E-state index contributed by atoms with van der Waals surface area (Å²) in [5.41, 5.74) is -0.0656. The van der Waals surface area contributed by atoms with Crippen LogP contribution in [0.25, 0.3) is 11.1 Å². The molecule has 134 valence electrons. The van der Waals surface area contributed by atoms with Crippen LogP contribution in [0.15, 0.2) is 66.9 Å². The average molecular weight is 359 g/mol. The van der Waals surface area contributed by atoms with Crippen molar-refractivity contribution in [2.45, 2.75) is 12.7 Å². The molecular formula is C20H16F3NO2. The predicted molar refractivity (Wildman–Crippen MR) is 91.8 cm³/mol. The van der Waals surface area contributed by atoms with Gasteiger partial charge in [-0.25, -0.2) is 4.79 Å². The number of ether oxygens (including phenoxy) is 1. The third kappa shape index (κ3) is 3.49. The fourth-order valence-corrected chi connectivity index (χ4v) is 2.91. The maximum atomic E-state index is 13.8. The number of rotatable bonds is 4. The van der Waals surface area contributed by atoms with Crippen molar-refractivity contribution in [3.8, 4) is 11.1 Å². The monoisotopic (exact) mass is 359 g/mol. The molecule has 0 aliphatic heterocycles. The van der Waals surface area contributed by atoms with Gasteiger partial charge in [-0.1, -0.05) is 60.7 Å². The fraction of sp³-hybridized carbons (Fsp3) is 0.150. The molecule has 1 heterocycles. The van der Waals surface area contributed by atoms with E-state index in [1.807, 2.05) is 0 Å². The van der Waals surface area contributed by atoms with Crippen LogP contribution >= 0.6 is 0 Å². The Morgan fingerprint density at radius 3 is 2.12 bits per heavy atom. The summed E-state index contributed by atoms with van der Waals surface area (Å²) in [6.45, 7) is -0.00743. The summed E-state index contributed by atoms with van der Waals surface area (Å²) < 4.78 is 47.1. The molecule has 0 amide bonds. The summed E-state index contributed by atoms with van der Waals surface area (Å²) in [5.74, 6) is -1.01. The number of hydrogen-bond donors (Lipinski definition) is 0. The highest BCUT2D eigenvalue weighted by Crippen LogP contribution is 2.39. The Bertz CT molecular complexity index is 900. The van der Waals surface area contributed by atoms with Gasteiger partial charge in [-0.3, -0.25) is 0 Å². The molecule has 0 aliphatic carbocycles. The lowest BCUT2D eigenvalue weighted by atomic mass is 10.0. The Hall–Kier alpha value is -3.02. The number of methoxy groups -OCH3 is 1. The van der Waals surface area contributed by atoms with Crippen LogP contribution in [0.2, 0.25) is 0 Å². The second-order valence-corrected chi connectivity index (χ2v) is 5.74. The molecule has 0 N–H and O–H groups in total. The predicted octanol–water partition coefficient (Wildman–Crippen LogP) is 5.01. The molecule has 2 aromatic carbocycles. The van der Waals surface area contributed by atoms with Gasteiger partial charge in [-0.15, -0.1) is 0 Å². The van der Waals surface area contributed by atoms with Crippen LogP contribution in [0.1, 0.15) is 21.6 Å². The number of esters is 1. The van der Waals surface area contributed by atoms with Crippen molar-refractivity contribution in [2.75, 3.05) is 7.11 Å². The smallest absolute Gasteiger partial charge is 0.432 e. The van der Waals surface area contributed by atoms with Crippen molar-refractivity contribution < 1.29 is 22.7 Å². The lowest BCUT2D eigenvalue weighted by Crippen LogP contribution is -2.18. The van der Waals surface area contributed by atoms with Crippen molar-refractivity contribution in [1.82, 2.24) is 4.57 Å². The van der Waals surface area contributed by atoms with E-state index >= 15 is 0 Å². The molecule has 26 heavy (non-hydrogen) atoms. The second-order valence-electron chi connectivity index (χ2n) is 5.74. The average Bonchev–Trinajstić information content (AvgIpc) is 3.02. The number of halogens is 3. The van der Waals surface area contributed by atoms with E-state index in [-0.39, 0.29) is 12.1 Å². The van der Waals surface area contributed by atoms with Crippen molar-refractivity contribution in [2.24, 2.45) is 0 Å². The first kappa shape index (κ1) is 17.8. The number of carbonyl (C=O) groups excluding carboxylic acids is 1. The molecule has 0 unspecified atom stereocenters. The highest BCUT2D eigenvalue weighted by molar-refractivity contribution is 5.99. The standard InChI is InChI=1S/C20H16F3NO2/c1-26-19(25)17-16(15-10-6-3-7-11-15)13-24(18(17)20(21,22)23)12-14-8-4-2-5-9-14/h2-11,13H,12H2,1H3. The van der Waals surface area contributed by atoms with Gasteiger partial charge in [0.2, 0.25) is 0 Å². The molecule has 0 saturated carbocycles. The van der Waals surface area contributed by atoms with Gasteiger partial charge in [-0.2, -0.15) is 13.2 Å². The number of nitrogens with zero attached hydrogens (tertiary/aromatic N) is 1. The summed E-state index contributed by atoms with van der Waals surface area (Å²) in [6.07, 6.45) is -3.34. The molecular weight excluding hydrogens is 343 g/mol. The van der Waals surface area contributed by atoms with Crippen LogP contribution in [0.3, 0.4) is 0 Å². The molecule has 0 saturated heterocycles. The van der Waals surface area contributed by atoms with E-state index in [0.29, 0.717) is 11.1 Å². The van der Waals surface area contributed by atoms with Gasteiger partial charge >= 0.3 is 12.1 Å². The van der Waals surface area contributed by atoms with Gasteiger partial charge in [0.25, 0.3) is 0 Å². The summed E-state index contributed by atoms with van der Waals surface area (Å²) in [5, 5.41) is 0. The van der Waals surface area contributed by atoms with Crippen LogP contribution in [0, 0.1) is 0 Å². The van der Waals surface area contributed by atoms with Gasteiger partial charge in [0, 0.05) is 18.3 Å². The fourth-order valence-electron chi connectivity index (χ4n) is 2.91. The zero-order valence-corrected chi connectivity index (χ0v) is 14.0. The van der Waals surface area contributed by atoms with Gasteiger partial charge in [0.05, 0.1) is 12.7 Å². The highest BCUT2D eigenvalue weighted by Gasteiger charge is 2.41. The number of benzene rings is 2. The van der Waals surface area contributed by atoms with Crippen molar-refractivity contribution in [3.05, 3.63) is 83.7 Å². The molecule has 3 nitrogen and oxygen atoms in total. The van der Waals surface area contributed by atoms with Gasteiger partial charge in [0.1, 0.15) is 5.69 Å². The van der Waals surface area contributed by atoms with Crippen LogP contribution in [0.5, 0.6) is 0 Å². The van der Waals surface area contributed by atoms with E-state index in [2.05, 4.69) is 4.74 Å². The largest absolute Gasteiger partial charge is 0.465 e. The zero-order valence-electron chi connectivity index (χ0n) is 14.0.